The summed E-state index contributed by atoms with van der Waals surface area (Å²) in [7, 11) is 4.04. The number of aliphatic imine (C=N–C) groups is 1. The van der Waals surface area contributed by atoms with Crippen LogP contribution in [0.1, 0.15) is 26.7 Å². The first-order valence-corrected chi connectivity index (χ1v) is 6.75. The van der Waals surface area contributed by atoms with Gasteiger partial charge >= 0.3 is 0 Å². The van der Waals surface area contributed by atoms with E-state index in [1.54, 1.807) is 0 Å². The third kappa shape index (κ3) is 5.91. The van der Waals surface area contributed by atoms with E-state index in [9.17, 15) is 0 Å². The van der Waals surface area contributed by atoms with Crippen molar-refractivity contribution in [2.75, 3.05) is 40.3 Å². The van der Waals surface area contributed by atoms with Gasteiger partial charge in [-0.15, -0.1) is 0 Å². The quantitative estimate of drug-likeness (QED) is 0.572. The molecule has 17 heavy (non-hydrogen) atoms. The van der Waals surface area contributed by atoms with Gasteiger partial charge in [-0.25, -0.2) is 0 Å². The van der Waals surface area contributed by atoms with Gasteiger partial charge < -0.3 is 15.5 Å². The Hall–Kier alpha value is -0.770. The van der Waals surface area contributed by atoms with Gasteiger partial charge in [-0.2, -0.15) is 0 Å². The molecule has 0 spiro atoms. The lowest BCUT2D eigenvalue weighted by Gasteiger charge is -2.29. The van der Waals surface area contributed by atoms with Crippen molar-refractivity contribution in [1.82, 2.24) is 15.5 Å². The van der Waals surface area contributed by atoms with Gasteiger partial charge in [0.1, 0.15) is 0 Å². The van der Waals surface area contributed by atoms with Crippen molar-refractivity contribution in [3.05, 3.63) is 0 Å². The van der Waals surface area contributed by atoms with Crippen molar-refractivity contribution < 1.29 is 0 Å². The molecule has 0 bridgehead atoms. The molecule has 1 aliphatic heterocycles. The van der Waals surface area contributed by atoms with E-state index < -0.39 is 0 Å². The summed E-state index contributed by atoms with van der Waals surface area (Å²) in [4.78, 5) is 6.65. The molecule has 1 aliphatic rings. The van der Waals surface area contributed by atoms with Gasteiger partial charge in [-0.05, 0) is 44.8 Å². The molecule has 0 amide bonds. The van der Waals surface area contributed by atoms with Crippen LogP contribution in [0.5, 0.6) is 0 Å². The molecule has 0 radical (unpaired) electrons. The highest BCUT2D eigenvalue weighted by Gasteiger charge is 2.16. The fraction of sp³-hybridized carbons (Fsp3) is 0.923. The van der Waals surface area contributed by atoms with Gasteiger partial charge in [-0.3, -0.25) is 4.99 Å². The van der Waals surface area contributed by atoms with Gasteiger partial charge in [0.15, 0.2) is 5.96 Å². The first kappa shape index (κ1) is 14.3. The Labute approximate surface area is 106 Å². The number of likely N-dealkylation sites (tertiary alicyclic amines) is 1. The van der Waals surface area contributed by atoms with Crippen LogP contribution in [0.25, 0.3) is 0 Å². The standard InChI is InChI=1S/C13H28N4/c1-11(2)9-15-13(14-3)16-10-12-5-7-17(4)8-6-12/h11-12H,5-10H2,1-4H3,(H2,14,15,16). The predicted octanol–water partition coefficient (Wildman–Crippen LogP) is 1.15. The third-order valence-electron chi connectivity index (χ3n) is 3.30. The Morgan fingerprint density at radius 1 is 1.29 bits per heavy atom. The smallest absolute Gasteiger partial charge is 0.190 e. The largest absolute Gasteiger partial charge is 0.356 e. The highest BCUT2D eigenvalue weighted by Crippen LogP contribution is 2.14. The van der Waals surface area contributed by atoms with Gasteiger partial charge in [0.2, 0.25) is 0 Å². The van der Waals surface area contributed by atoms with Crippen LogP contribution < -0.4 is 10.6 Å². The lowest BCUT2D eigenvalue weighted by molar-refractivity contribution is 0.220. The van der Waals surface area contributed by atoms with Crippen LogP contribution in [0, 0.1) is 11.8 Å². The second kappa shape index (κ2) is 7.54. The number of guanidine groups is 1. The van der Waals surface area contributed by atoms with Crippen molar-refractivity contribution in [2.24, 2.45) is 16.8 Å². The van der Waals surface area contributed by atoms with E-state index in [2.05, 4.69) is 41.4 Å². The van der Waals surface area contributed by atoms with Crippen LogP contribution in [-0.2, 0) is 0 Å². The number of rotatable bonds is 4. The number of hydrogen-bond acceptors (Lipinski definition) is 2. The van der Waals surface area contributed by atoms with Crippen molar-refractivity contribution in [3.63, 3.8) is 0 Å². The summed E-state index contributed by atoms with van der Waals surface area (Å²) >= 11 is 0. The van der Waals surface area contributed by atoms with Crippen molar-refractivity contribution in [3.8, 4) is 0 Å². The zero-order valence-corrected chi connectivity index (χ0v) is 11.8. The number of nitrogens with zero attached hydrogens (tertiary/aromatic N) is 2. The van der Waals surface area contributed by atoms with Crippen LogP contribution in [0.2, 0.25) is 0 Å². The van der Waals surface area contributed by atoms with Crippen LogP contribution in [-0.4, -0.2) is 51.1 Å². The van der Waals surface area contributed by atoms with Crippen LogP contribution in [0.3, 0.4) is 0 Å². The zero-order valence-electron chi connectivity index (χ0n) is 11.8. The molecule has 0 saturated carbocycles. The number of hydrogen-bond donors (Lipinski definition) is 2. The average molecular weight is 240 g/mol. The molecule has 4 nitrogen and oxygen atoms in total. The van der Waals surface area contributed by atoms with Crippen molar-refractivity contribution >= 4 is 5.96 Å². The third-order valence-corrected chi connectivity index (χ3v) is 3.30. The summed E-state index contributed by atoms with van der Waals surface area (Å²) in [5.41, 5.74) is 0. The summed E-state index contributed by atoms with van der Waals surface area (Å²) in [6.45, 7) is 8.89. The lowest BCUT2D eigenvalue weighted by Crippen LogP contribution is -2.43. The van der Waals surface area contributed by atoms with E-state index in [1.807, 2.05) is 7.05 Å². The monoisotopic (exact) mass is 240 g/mol. The molecule has 0 aromatic rings. The van der Waals surface area contributed by atoms with Gasteiger partial charge in [-0.1, -0.05) is 13.8 Å². The molecule has 4 heteroatoms. The molecule has 1 saturated heterocycles. The average Bonchev–Trinajstić information content (AvgIpc) is 2.31. The summed E-state index contributed by atoms with van der Waals surface area (Å²) in [5, 5.41) is 6.78. The maximum Gasteiger partial charge on any atom is 0.190 e. The predicted molar refractivity (Wildman–Crippen MR) is 74.4 cm³/mol. The first-order valence-electron chi connectivity index (χ1n) is 6.75. The zero-order chi connectivity index (χ0) is 12.7. The molecular formula is C13H28N4. The minimum atomic E-state index is 0.650. The highest BCUT2D eigenvalue weighted by atomic mass is 15.2. The normalized spacial score (nSPS) is 19.7. The van der Waals surface area contributed by atoms with Gasteiger partial charge in [0, 0.05) is 20.1 Å². The molecule has 0 unspecified atom stereocenters. The molecule has 0 atom stereocenters. The number of nitrogens with one attached hydrogen (secondary N) is 2. The Kier molecular flexibility index (Phi) is 6.34. The summed E-state index contributed by atoms with van der Waals surface area (Å²) in [6, 6.07) is 0. The SMILES string of the molecule is CN=C(NCC(C)C)NCC1CCN(C)CC1. The fourth-order valence-corrected chi connectivity index (χ4v) is 2.03. The van der Waals surface area contributed by atoms with E-state index in [1.165, 1.54) is 25.9 Å². The molecule has 2 N–H and O–H groups in total. The number of piperidine rings is 1. The Balaban J connectivity index is 2.19. The lowest BCUT2D eigenvalue weighted by atomic mass is 9.97. The molecule has 1 heterocycles. The highest BCUT2D eigenvalue weighted by molar-refractivity contribution is 5.79. The molecule has 1 rings (SSSR count). The molecule has 0 aromatic heterocycles. The van der Waals surface area contributed by atoms with E-state index in [4.69, 9.17) is 0 Å². The minimum absolute atomic E-state index is 0.650. The summed E-state index contributed by atoms with van der Waals surface area (Å²) in [6.07, 6.45) is 2.59. The summed E-state index contributed by atoms with van der Waals surface area (Å²) < 4.78 is 0. The molecule has 100 valence electrons. The van der Waals surface area contributed by atoms with Gasteiger partial charge in [0.25, 0.3) is 0 Å². The van der Waals surface area contributed by atoms with Crippen molar-refractivity contribution in [2.45, 2.75) is 26.7 Å². The second-order valence-electron chi connectivity index (χ2n) is 5.47. The summed E-state index contributed by atoms with van der Waals surface area (Å²) in [5.74, 6) is 2.39. The Morgan fingerprint density at radius 3 is 2.47 bits per heavy atom. The first-order chi connectivity index (χ1) is 8.11. The maximum absolute atomic E-state index is 4.24. The van der Waals surface area contributed by atoms with Crippen LogP contribution >= 0.6 is 0 Å². The van der Waals surface area contributed by atoms with Crippen molar-refractivity contribution in [1.29, 1.82) is 0 Å². The fourth-order valence-electron chi connectivity index (χ4n) is 2.03. The van der Waals surface area contributed by atoms with E-state index in [-0.39, 0.29) is 0 Å². The topological polar surface area (TPSA) is 39.7 Å². The Morgan fingerprint density at radius 2 is 1.94 bits per heavy atom. The van der Waals surface area contributed by atoms with Crippen LogP contribution in [0.4, 0.5) is 0 Å². The molecule has 1 fully saturated rings. The second-order valence-corrected chi connectivity index (χ2v) is 5.47. The van der Waals surface area contributed by atoms with E-state index in [0.29, 0.717) is 5.92 Å². The molecule has 0 aromatic carbocycles. The minimum Gasteiger partial charge on any atom is -0.356 e. The Bertz CT molecular complexity index is 230. The molecule has 0 aliphatic carbocycles. The van der Waals surface area contributed by atoms with E-state index in [0.717, 1.165) is 25.0 Å². The van der Waals surface area contributed by atoms with Crippen LogP contribution in [0.15, 0.2) is 4.99 Å². The van der Waals surface area contributed by atoms with Gasteiger partial charge in [0.05, 0.1) is 0 Å². The molecular weight excluding hydrogens is 212 g/mol. The maximum atomic E-state index is 4.24. The van der Waals surface area contributed by atoms with E-state index >= 15 is 0 Å².